The van der Waals surface area contributed by atoms with Crippen molar-refractivity contribution in [1.82, 2.24) is 0 Å². The van der Waals surface area contributed by atoms with Crippen molar-refractivity contribution in [3.63, 3.8) is 0 Å². The minimum atomic E-state index is -0.255. The Labute approximate surface area is 372 Å². The largest absolute Gasteiger partial charge is 0.310 e. The highest BCUT2D eigenvalue weighted by molar-refractivity contribution is 6.00. The third kappa shape index (κ3) is 5.29. The van der Waals surface area contributed by atoms with E-state index in [1.165, 1.54) is 100 Å². The summed E-state index contributed by atoms with van der Waals surface area (Å²) in [7, 11) is 0. The summed E-state index contributed by atoms with van der Waals surface area (Å²) in [6.45, 7) is 11.9. The molecule has 12 rings (SSSR count). The molecular formula is C62H49N. The van der Waals surface area contributed by atoms with Gasteiger partial charge in [0, 0.05) is 27.5 Å². The van der Waals surface area contributed by atoms with E-state index in [1.807, 2.05) is 0 Å². The maximum absolute atomic E-state index is 2.54. The van der Waals surface area contributed by atoms with Crippen LogP contribution >= 0.6 is 0 Å². The van der Waals surface area contributed by atoms with Crippen molar-refractivity contribution >= 4 is 17.1 Å². The Morgan fingerprint density at radius 1 is 0.317 bits per heavy atom. The fourth-order valence-electron chi connectivity index (χ4n) is 11.8. The van der Waals surface area contributed by atoms with Gasteiger partial charge in [-0.2, -0.15) is 0 Å². The summed E-state index contributed by atoms with van der Waals surface area (Å²) in [4.78, 5) is 2.54. The molecule has 3 aliphatic rings. The number of rotatable bonds is 6. The molecule has 0 saturated heterocycles. The van der Waals surface area contributed by atoms with E-state index in [9.17, 15) is 0 Å². The van der Waals surface area contributed by atoms with E-state index in [0.717, 1.165) is 11.4 Å². The van der Waals surface area contributed by atoms with E-state index in [-0.39, 0.29) is 16.2 Å². The van der Waals surface area contributed by atoms with Crippen molar-refractivity contribution in [3.8, 4) is 55.6 Å². The van der Waals surface area contributed by atoms with Crippen molar-refractivity contribution in [2.24, 2.45) is 0 Å². The van der Waals surface area contributed by atoms with Crippen molar-refractivity contribution in [1.29, 1.82) is 0 Å². The summed E-state index contributed by atoms with van der Waals surface area (Å²) in [6.07, 6.45) is 0. The fourth-order valence-corrected chi connectivity index (χ4v) is 11.8. The number of hydrogen-bond donors (Lipinski definition) is 0. The lowest BCUT2D eigenvalue weighted by atomic mass is 9.74. The van der Waals surface area contributed by atoms with Crippen LogP contribution in [-0.4, -0.2) is 0 Å². The van der Waals surface area contributed by atoms with Crippen LogP contribution in [0.3, 0.4) is 0 Å². The average molecular weight is 808 g/mol. The molecule has 0 saturated carbocycles. The second kappa shape index (κ2) is 13.6. The summed E-state index contributed by atoms with van der Waals surface area (Å²) >= 11 is 0. The molecule has 0 fully saturated rings. The van der Waals surface area contributed by atoms with Crippen molar-refractivity contribution in [2.45, 2.75) is 50.9 Å². The van der Waals surface area contributed by atoms with Crippen molar-refractivity contribution < 1.29 is 0 Å². The zero-order valence-corrected chi connectivity index (χ0v) is 36.6. The van der Waals surface area contributed by atoms with E-state index >= 15 is 0 Å². The predicted molar refractivity (Wildman–Crippen MR) is 265 cm³/mol. The predicted octanol–water partition coefficient (Wildman–Crippen LogP) is 16.4. The molecule has 0 radical (unpaired) electrons. The lowest BCUT2D eigenvalue weighted by molar-refractivity contribution is 0.660. The molecule has 1 nitrogen and oxygen atoms in total. The second-order valence-electron chi connectivity index (χ2n) is 19.0. The van der Waals surface area contributed by atoms with Gasteiger partial charge in [0.05, 0.1) is 11.4 Å². The Balaban J connectivity index is 1.04. The van der Waals surface area contributed by atoms with Crippen LogP contribution in [0.2, 0.25) is 0 Å². The molecule has 1 atom stereocenters. The zero-order chi connectivity index (χ0) is 42.7. The van der Waals surface area contributed by atoms with E-state index in [0.29, 0.717) is 0 Å². The van der Waals surface area contributed by atoms with Gasteiger partial charge in [-0.1, -0.05) is 204 Å². The van der Waals surface area contributed by atoms with Gasteiger partial charge in [-0.05, 0) is 126 Å². The Morgan fingerprint density at radius 3 is 1.57 bits per heavy atom. The van der Waals surface area contributed by atoms with Gasteiger partial charge in [0.1, 0.15) is 0 Å². The third-order valence-corrected chi connectivity index (χ3v) is 15.0. The number of para-hydroxylation sites is 1. The van der Waals surface area contributed by atoms with Gasteiger partial charge >= 0.3 is 0 Å². The van der Waals surface area contributed by atoms with E-state index in [2.05, 4.69) is 246 Å². The van der Waals surface area contributed by atoms with Crippen molar-refractivity contribution in [3.05, 3.63) is 245 Å². The maximum Gasteiger partial charge on any atom is 0.0540 e. The highest BCUT2D eigenvalue weighted by atomic mass is 15.1. The van der Waals surface area contributed by atoms with Crippen LogP contribution in [0.1, 0.15) is 73.6 Å². The number of benzene rings is 9. The van der Waals surface area contributed by atoms with Crippen molar-refractivity contribution in [2.75, 3.05) is 4.90 Å². The van der Waals surface area contributed by atoms with Crippen LogP contribution in [0.5, 0.6) is 0 Å². The van der Waals surface area contributed by atoms with E-state index in [1.54, 1.807) is 0 Å². The van der Waals surface area contributed by atoms with Gasteiger partial charge in [-0.25, -0.2) is 0 Å². The molecular weight excluding hydrogens is 759 g/mol. The molecule has 1 unspecified atom stereocenters. The Morgan fingerprint density at radius 2 is 0.825 bits per heavy atom. The average Bonchev–Trinajstić information content (AvgIpc) is 3.84. The Bertz CT molecular complexity index is 3290. The molecule has 0 N–H and O–H groups in total. The molecule has 9 aromatic rings. The molecule has 0 aliphatic heterocycles. The monoisotopic (exact) mass is 807 g/mol. The minimum Gasteiger partial charge on any atom is -0.310 e. The first kappa shape index (κ1) is 37.5. The molecule has 0 aromatic heterocycles. The molecule has 0 spiro atoms. The van der Waals surface area contributed by atoms with E-state index in [4.69, 9.17) is 0 Å². The van der Waals surface area contributed by atoms with Gasteiger partial charge in [0.25, 0.3) is 0 Å². The molecule has 0 amide bonds. The lowest BCUT2D eigenvalue weighted by Gasteiger charge is -2.33. The van der Waals surface area contributed by atoms with Crippen LogP contribution in [0.25, 0.3) is 55.6 Å². The molecule has 0 bridgehead atoms. The normalized spacial score (nSPS) is 16.7. The number of anilines is 3. The van der Waals surface area contributed by atoms with Crippen LogP contribution in [-0.2, 0) is 16.2 Å². The number of hydrogen-bond acceptors (Lipinski definition) is 1. The van der Waals surface area contributed by atoms with Gasteiger partial charge in [-0.3, -0.25) is 0 Å². The van der Waals surface area contributed by atoms with Gasteiger partial charge in [0.2, 0.25) is 0 Å². The van der Waals surface area contributed by atoms with Gasteiger partial charge < -0.3 is 4.90 Å². The fraction of sp³-hybridized carbons (Fsp3) is 0.129. The zero-order valence-electron chi connectivity index (χ0n) is 36.6. The minimum absolute atomic E-state index is 0.0959. The first-order chi connectivity index (χ1) is 30.7. The Kier molecular flexibility index (Phi) is 8.13. The van der Waals surface area contributed by atoms with Crippen LogP contribution in [0.4, 0.5) is 17.1 Å². The molecule has 1 heteroatoms. The smallest absolute Gasteiger partial charge is 0.0540 e. The summed E-state index contributed by atoms with van der Waals surface area (Å²) < 4.78 is 0. The highest BCUT2D eigenvalue weighted by Gasteiger charge is 2.42. The quantitative estimate of drug-likeness (QED) is 0.162. The molecule has 0 heterocycles. The third-order valence-electron chi connectivity index (χ3n) is 15.0. The molecule has 302 valence electrons. The first-order valence-corrected chi connectivity index (χ1v) is 22.4. The number of fused-ring (bicyclic) bond motifs is 9. The molecule has 3 aliphatic carbocycles. The van der Waals surface area contributed by atoms with E-state index < -0.39 is 0 Å². The first-order valence-electron chi connectivity index (χ1n) is 22.4. The molecule has 63 heavy (non-hydrogen) atoms. The molecule has 9 aromatic carbocycles. The highest BCUT2D eigenvalue weighted by Crippen LogP contribution is 2.58. The van der Waals surface area contributed by atoms with Gasteiger partial charge in [-0.15, -0.1) is 0 Å². The van der Waals surface area contributed by atoms with Gasteiger partial charge in [0.15, 0.2) is 0 Å². The van der Waals surface area contributed by atoms with Crippen LogP contribution in [0, 0.1) is 0 Å². The standard InChI is InChI=1S/C62H49N/c1-60(2)52-28-14-11-24-50(52)58-48(25-17-30-54(58)60)47-23-12-16-31-56(47)63(57-32-18-26-49-45-22-9-13-27-51(45)61(3,4)59(49)57)43-36-33-40(34-37-43)41-35-38-46-44-21-10-15-29-53(44)62(5,55(46)39-41)42-19-7-6-8-20-42/h6-39H,1-5H3. The Hall–Kier alpha value is -7.22. The summed E-state index contributed by atoms with van der Waals surface area (Å²) in [5.41, 5.74) is 25.3. The van der Waals surface area contributed by atoms with Crippen LogP contribution in [0.15, 0.2) is 206 Å². The topological polar surface area (TPSA) is 3.24 Å². The number of nitrogens with zero attached hydrogens (tertiary/aromatic N) is 1. The summed E-state index contributed by atoms with van der Waals surface area (Å²) in [5, 5.41) is 0. The lowest BCUT2D eigenvalue weighted by Crippen LogP contribution is -2.22. The summed E-state index contributed by atoms with van der Waals surface area (Å²) in [5.74, 6) is 0. The summed E-state index contributed by atoms with van der Waals surface area (Å²) in [6, 6.07) is 77.3. The second-order valence-corrected chi connectivity index (χ2v) is 19.0. The SMILES string of the molecule is CC1(C)c2ccccc2-c2c(-c3ccccc3N(c3ccc(-c4ccc5c(c4)C(C)(c4ccccc4)c4ccccc4-5)cc3)c3cccc4c3C(C)(C)c3ccccc3-4)cccc21. The van der Waals surface area contributed by atoms with Crippen LogP contribution < -0.4 is 4.90 Å². The maximum atomic E-state index is 2.54.